The van der Waals surface area contributed by atoms with E-state index in [-0.39, 0.29) is 11.4 Å². The van der Waals surface area contributed by atoms with Crippen molar-refractivity contribution in [3.8, 4) is 0 Å². The summed E-state index contributed by atoms with van der Waals surface area (Å²) in [6.45, 7) is 5.00. The van der Waals surface area contributed by atoms with Gasteiger partial charge in [-0.2, -0.15) is 0 Å². The van der Waals surface area contributed by atoms with E-state index >= 15 is 0 Å². The average Bonchev–Trinajstić information content (AvgIpc) is 2.32. The van der Waals surface area contributed by atoms with Gasteiger partial charge in [0.05, 0.1) is 5.37 Å². The van der Waals surface area contributed by atoms with Gasteiger partial charge in [-0.15, -0.1) is 11.8 Å². The number of nitrogens with one attached hydrogen (secondary N) is 2. The Balaban J connectivity index is 1.88. The van der Waals surface area contributed by atoms with Crippen LogP contribution in [-0.4, -0.2) is 17.9 Å². The van der Waals surface area contributed by atoms with Crippen LogP contribution in [-0.2, 0) is 5.75 Å². The molecule has 0 radical (unpaired) electrons. The molecule has 1 fully saturated rings. The summed E-state index contributed by atoms with van der Waals surface area (Å²) < 4.78 is 0. The summed E-state index contributed by atoms with van der Waals surface area (Å²) >= 11 is 1.80. The Kier molecular flexibility index (Phi) is 3.94. The second-order valence-corrected chi connectivity index (χ2v) is 5.68. The molecule has 1 aliphatic heterocycles. The third-order valence-corrected chi connectivity index (χ3v) is 4.37. The summed E-state index contributed by atoms with van der Waals surface area (Å²) in [6.07, 6.45) is 0. The summed E-state index contributed by atoms with van der Waals surface area (Å²) in [5, 5.41) is 5.98. The normalized spacial score (nSPS) is 24.0. The number of aryl methyl sites for hydroxylation is 1. The Bertz CT molecular complexity index is 391. The molecule has 1 aliphatic rings. The standard InChI is InChI=1S/C13H18N2OS/c1-9-3-5-11(6-4-9)8-17-12-10(2)7-14-13(16)15-12/h3-6,10,12H,7-8H2,1-2H3,(H2,14,15,16). The lowest BCUT2D eigenvalue weighted by Gasteiger charge is -2.29. The molecule has 1 aromatic rings. The number of carbonyl (C=O) groups is 1. The van der Waals surface area contributed by atoms with Crippen LogP contribution in [0.4, 0.5) is 4.79 Å². The molecule has 0 spiro atoms. The summed E-state index contributed by atoms with van der Waals surface area (Å²) in [5.74, 6) is 1.40. The molecule has 17 heavy (non-hydrogen) atoms. The van der Waals surface area contributed by atoms with Crippen molar-refractivity contribution >= 4 is 17.8 Å². The molecule has 2 unspecified atom stereocenters. The highest BCUT2D eigenvalue weighted by atomic mass is 32.2. The second kappa shape index (κ2) is 5.45. The van der Waals surface area contributed by atoms with Gasteiger partial charge < -0.3 is 10.6 Å². The quantitative estimate of drug-likeness (QED) is 0.865. The smallest absolute Gasteiger partial charge is 0.315 e. The molecule has 3 nitrogen and oxygen atoms in total. The van der Waals surface area contributed by atoms with Gasteiger partial charge in [0.2, 0.25) is 0 Å². The highest BCUT2D eigenvalue weighted by molar-refractivity contribution is 7.99. The lowest BCUT2D eigenvalue weighted by molar-refractivity contribution is 0.227. The van der Waals surface area contributed by atoms with E-state index < -0.39 is 0 Å². The number of rotatable bonds is 3. The topological polar surface area (TPSA) is 41.1 Å². The van der Waals surface area contributed by atoms with Crippen molar-refractivity contribution in [3.05, 3.63) is 35.4 Å². The molecule has 1 heterocycles. The Morgan fingerprint density at radius 1 is 1.35 bits per heavy atom. The van der Waals surface area contributed by atoms with E-state index in [1.54, 1.807) is 11.8 Å². The van der Waals surface area contributed by atoms with E-state index in [0.717, 1.165) is 12.3 Å². The van der Waals surface area contributed by atoms with Crippen molar-refractivity contribution < 1.29 is 4.79 Å². The predicted octanol–water partition coefficient (Wildman–Crippen LogP) is 2.50. The summed E-state index contributed by atoms with van der Waals surface area (Å²) in [4.78, 5) is 11.2. The van der Waals surface area contributed by atoms with Crippen LogP contribution in [0.2, 0.25) is 0 Å². The third kappa shape index (κ3) is 3.40. The zero-order valence-electron chi connectivity index (χ0n) is 10.2. The molecular weight excluding hydrogens is 232 g/mol. The van der Waals surface area contributed by atoms with Crippen molar-refractivity contribution in [3.63, 3.8) is 0 Å². The molecule has 1 aromatic carbocycles. The Labute approximate surface area is 106 Å². The fourth-order valence-electron chi connectivity index (χ4n) is 1.76. The monoisotopic (exact) mass is 250 g/mol. The van der Waals surface area contributed by atoms with E-state index in [9.17, 15) is 4.79 Å². The number of urea groups is 1. The van der Waals surface area contributed by atoms with Crippen LogP contribution in [0, 0.1) is 12.8 Å². The number of hydrogen-bond donors (Lipinski definition) is 2. The van der Waals surface area contributed by atoms with E-state index in [1.807, 2.05) is 0 Å². The number of carbonyl (C=O) groups excluding carboxylic acids is 1. The Morgan fingerprint density at radius 3 is 2.76 bits per heavy atom. The molecule has 0 bridgehead atoms. The SMILES string of the molecule is Cc1ccc(CSC2NC(=O)NCC2C)cc1. The molecule has 0 saturated carbocycles. The maximum Gasteiger partial charge on any atom is 0.315 e. The van der Waals surface area contributed by atoms with E-state index in [1.165, 1.54) is 11.1 Å². The number of amides is 2. The Hall–Kier alpha value is -1.16. The van der Waals surface area contributed by atoms with Gasteiger partial charge in [0.25, 0.3) is 0 Å². The van der Waals surface area contributed by atoms with Crippen molar-refractivity contribution in [1.82, 2.24) is 10.6 Å². The number of benzene rings is 1. The molecule has 2 N–H and O–H groups in total. The fraction of sp³-hybridized carbons (Fsp3) is 0.462. The molecule has 0 aromatic heterocycles. The van der Waals surface area contributed by atoms with Crippen LogP contribution in [0.5, 0.6) is 0 Å². The first-order chi connectivity index (χ1) is 8.15. The largest absolute Gasteiger partial charge is 0.338 e. The minimum atomic E-state index is -0.0514. The Morgan fingerprint density at radius 2 is 2.06 bits per heavy atom. The second-order valence-electron chi connectivity index (χ2n) is 4.55. The van der Waals surface area contributed by atoms with Crippen LogP contribution in [0.3, 0.4) is 0 Å². The highest BCUT2D eigenvalue weighted by Gasteiger charge is 2.24. The minimum Gasteiger partial charge on any atom is -0.338 e. The van der Waals surface area contributed by atoms with Crippen molar-refractivity contribution in [2.45, 2.75) is 25.0 Å². The predicted molar refractivity (Wildman–Crippen MR) is 72.0 cm³/mol. The summed E-state index contributed by atoms with van der Waals surface area (Å²) in [7, 11) is 0. The summed E-state index contributed by atoms with van der Waals surface area (Å²) in [5.41, 5.74) is 2.59. The maximum absolute atomic E-state index is 11.2. The van der Waals surface area contributed by atoms with E-state index in [2.05, 4.69) is 48.7 Å². The summed E-state index contributed by atoms with van der Waals surface area (Å²) in [6, 6.07) is 8.50. The van der Waals surface area contributed by atoms with E-state index in [0.29, 0.717) is 5.92 Å². The highest BCUT2D eigenvalue weighted by Crippen LogP contribution is 2.23. The maximum atomic E-state index is 11.2. The van der Waals surface area contributed by atoms with Crippen molar-refractivity contribution in [2.24, 2.45) is 5.92 Å². The zero-order valence-corrected chi connectivity index (χ0v) is 11.0. The number of thioether (sulfide) groups is 1. The molecule has 4 heteroatoms. The molecule has 92 valence electrons. The first kappa shape index (κ1) is 12.3. The van der Waals surface area contributed by atoms with Gasteiger partial charge in [-0.1, -0.05) is 36.8 Å². The van der Waals surface area contributed by atoms with Gasteiger partial charge in [-0.25, -0.2) is 4.79 Å². The lowest BCUT2D eigenvalue weighted by atomic mass is 10.1. The van der Waals surface area contributed by atoms with Gasteiger partial charge in [0.15, 0.2) is 0 Å². The van der Waals surface area contributed by atoms with E-state index in [4.69, 9.17) is 0 Å². The fourth-order valence-corrected chi connectivity index (χ4v) is 2.94. The third-order valence-electron chi connectivity index (χ3n) is 2.92. The number of hydrogen-bond acceptors (Lipinski definition) is 2. The van der Waals surface area contributed by atoms with Gasteiger partial charge in [0, 0.05) is 18.2 Å². The molecular formula is C13H18N2OS. The molecule has 1 saturated heterocycles. The molecule has 2 atom stereocenters. The lowest BCUT2D eigenvalue weighted by Crippen LogP contribution is -2.52. The first-order valence-electron chi connectivity index (χ1n) is 5.86. The van der Waals surface area contributed by atoms with Crippen molar-refractivity contribution in [2.75, 3.05) is 6.54 Å². The van der Waals surface area contributed by atoms with Crippen LogP contribution in [0.25, 0.3) is 0 Å². The van der Waals surface area contributed by atoms with Gasteiger partial charge >= 0.3 is 6.03 Å². The van der Waals surface area contributed by atoms with Gasteiger partial charge in [0.1, 0.15) is 0 Å². The van der Waals surface area contributed by atoms with Gasteiger partial charge in [-0.05, 0) is 12.5 Å². The molecule has 0 aliphatic carbocycles. The molecule has 2 rings (SSSR count). The van der Waals surface area contributed by atoms with Crippen molar-refractivity contribution in [1.29, 1.82) is 0 Å². The van der Waals surface area contributed by atoms with Crippen LogP contribution in [0.1, 0.15) is 18.1 Å². The van der Waals surface area contributed by atoms with Gasteiger partial charge in [-0.3, -0.25) is 0 Å². The minimum absolute atomic E-state index is 0.0514. The van der Waals surface area contributed by atoms with Crippen LogP contribution >= 0.6 is 11.8 Å². The average molecular weight is 250 g/mol. The van der Waals surface area contributed by atoms with Crippen LogP contribution < -0.4 is 10.6 Å². The first-order valence-corrected chi connectivity index (χ1v) is 6.91. The van der Waals surface area contributed by atoms with Crippen LogP contribution in [0.15, 0.2) is 24.3 Å². The zero-order chi connectivity index (χ0) is 12.3. The molecule has 2 amide bonds.